The zero-order valence-corrected chi connectivity index (χ0v) is 17.0. The molecule has 0 radical (unpaired) electrons. The second-order valence-corrected chi connectivity index (χ2v) is 6.87. The van der Waals surface area contributed by atoms with Crippen LogP contribution in [-0.2, 0) is 11.2 Å². The van der Waals surface area contributed by atoms with E-state index in [1.54, 1.807) is 14.2 Å². The Morgan fingerprint density at radius 2 is 1.89 bits per heavy atom. The first-order valence-corrected chi connectivity index (χ1v) is 9.25. The molecule has 1 unspecified atom stereocenters. The number of hydrogen-bond donors (Lipinski definition) is 1. The van der Waals surface area contributed by atoms with Gasteiger partial charge in [0.2, 0.25) is 5.91 Å². The number of amides is 1. The maximum Gasteiger partial charge on any atom is 0.234 e. The number of carbonyl (C=O) groups excluding carboxylic acids is 1. The first-order valence-electron chi connectivity index (χ1n) is 8.88. The largest absolute Gasteiger partial charge is 0.493 e. The lowest BCUT2D eigenvalue weighted by Crippen LogP contribution is -2.37. The van der Waals surface area contributed by atoms with Gasteiger partial charge in [-0.2, -0.15) is 0 Å². The van der Waals surface area contributed by atoms with Crippen LogP contribution in [-0.4, -0.2) is 45.2 Å². The fraction of sp³-hybridized carbons (Fsp3) is 0.381. The molecule has 2 rings (SSSR count). The van der Waals surface area contributed by atoms with Gasteiger partial charge in [-0.1, -0.05) is 29.8 Å². The molecule has 0 aliphatic carbocycles. The zero-order chi connectivity index (χ0) is 19.8. The van der Waals surface area contributed by atoms with Crippen molar-refractivity contribution in [3.8, 4) is 11.5 Å². The Morgan fingerprint density at radius 3 is 2.56 bits per heavy atom. The van der Waals surface area contributed by atoms with E-state index in [1.165, 1.54) is 0 Å². The third-order valence-corrected chi connectivity index (χ3v) is 4.80. The summed E-state index contributed by atoms with van der Waals surface area (Å²) in [7, 11) is 5.15. The fourth-order valence-electron chi connectivity index (χ4n) is 2.82. The molecule has 27 heavy (non-hydrogen) atoms. The van der Waals surface area contributed by atoms with Gasteiger partial charge in [0.25, 0.3) is 0 Å². The Hall–Kier alpha value is -2.24. The van der Waals surface area contributed by atoms with E-state index in [1.807, 2.05) is 54.4 Å². The third kappa shape index (κ3) is 6.15. The molecular formula is C21H27ClN2O3. The van der Waals surface area contributed by atoms with Crippen LogP contribution in [0.25, 0.3) is 0 Å². The molecular weight excluding hydrogens is 364 g/mol. The summed E-state index contributed by atoms with van der Waals surface area (Å²) < 4.78 is 10.5. The van der Waals surface area contributed by atoms with Crippen molar-refractivity contribution in [2.75, 3.05) is 34.4 Å². The van der Waals surface area contributed by atoms with E-state index in [2.05, 4.69) is 12.2 Å². The summed E-state index contributed by atoms with van der Waals surface area (Å²) in [6, 6.07) is 13.6. The third-order valence-electron chi connectivity index (χ3n) is 4.57. The fourth-order valence-corrected chi connectivity index (χ4v) is 3.02. The quantitative estimate of drug-likeness (QED) is 0.709. The van der Waals surface area contributed by atoms with Gasteiger partial charge >= 0.3 is 0 Å². The normalized spacial score (nSPS) is 11.9. The number of halogens is 1. The summed E-state index contributed by atoms with van der Waals surface area (Å²) in [4.78, 5) is 14.2. The van der Waals surface area contributed by atoms with Crippen LogP contribution in [0.4, 0.5) is 0 Å². The number of hydrogen-bond acceptors (Lipinski definition) is 4. The van der Waals surface area contributed by atoms with Crippen molar-refractivity contribution in [2.24, 2.45) is 0 Å². The average Bonchev–Trinajstić information content (AvgIpc) is 2.67. The minimum atomic E-state index is -0.00754. The highest BCUT2D eigenvalue weighted by atomic mass is 35.5. The molecule has 2 aromatic carbocycles. The molecule has 0 bridgehead atoms. The Labute approximate surface area is 166 Å². The van der Waals surface area contributed by atoms with Crippen molar-refractivity contribution in [3.05, 3.63) is 58.6 Å². The Bertz CT molecular complexity index is 767. The molecule has 1 amide bonds. The number of likely N-dealkylation sites (N-methyl/N-ethyl adjacent to an activating group) is 1. The molecule has 2 aromatic rings. The molecule has 0 heterocycles. The van der Waals surface area contributed by atoms with E-state index in [4.69, 9.17) is 21.1 Å². The molecule has 0 fully saturated rings. The summed E-state index contributed by atoms with van der Waals surface area (Å²) in [5, 5.41) is 3.67. The van der Waals surface area contributed by atoms with Crippen LogP contribution in [0.2, 0.25) is 5.02 Å². The molecule has 0 saturated carbocycles. The minimum Gasteiger partial charge on any atom is -0.493 e. The molecule has 1 atom stereocenters. The van der Waals surface area contributed by atoms with Gasteiger partial charge in [-0.15, -0.1) is 0 Å². The summed E-state index contributed by atoms with van der Waals surface area (Å²) in [5.41, 5.74) is 2.16. The van der Waals surface area contributed by atoms with Gasteiger partial charge in [-0.25, -0.2) is 0 Å². The van der Waals surface area contributed by atoms with Gasteiger partial charge in [0.1, 0.15) is 0 Å². The van der Waals surface area contributed by atoms with E-state index in [9.17, 15) is 4.79 Å². The Kier molecular flexibility index (Phi) is 7.95. The molecule has 6 heteroatoms. The van der Waals surface area contributed by atoms with Crippen LogP contribution in [0.15, 0.2) is 42.5 Å². The number of methoxy groups -OCH3 is 2. The van der Waals surface area contributed by atoms with Crippen molar-refractivity contribution >= 4 is 17.5 Å². The zero-order valence-electron chi connectivity index (χ0n) is 16.3. The average molecular weight is 391 g/mol. The summed E-state index contributed by atoms with van der Waals surface area (Å²) in [5.74, 6) is 1.38. The molecule has 0 spiro atoms. The highest BCUT2D eigenvalue weighted by molar-refractivity contribution is 6.30. The van der Waals surface area contributed by atoms with E-state index in [0.29, 0.717) is 29.6 Å². The number of ether oxygens (including phenoxy) is 2. The molecule has 0 aromatic heterocycles. The first kappa shape index (κ1) is 21.1. The molecule has 0 saturated heterocycles. The van der Waals surface area contributed by atoms with Crippen LogP contribution < -0.4 is 14.8 Å². The molecule has 146 valence electrons. The highest BCUT2D eigenvalue weighted by Crippen LogP contribution is 2.27. The van der Waals surface area contributed by atoms with Crippen molar-refractivity contribution < 1.29 is 14.3 Å². The summed E-state index contributed by atoms with van der Waals surface area (Å²) in [6.07, 6.45) is 0.722. The molecule has 0 aliphatic heterocycles. The molecule has 1 N–H and O–H groups in total. The summed E-state index contributed by atoms with van der Waals surface area (Å²) in [6.45, 7) is 2.94. The SMILES string of the molecule is COc1ccc(CCNC(=O)CN(C)C(C)c2cccc(Cl)c2)cc1OC. The maximum atomic E-state index is 12.2. The lowest BCUT2D eigenvalue weighted by atomic mass is 10.1. The number of benzene rings is 2. The number of carbonyl (C=O) groups is 1. The van der Waals surface area contributed by atoms with E-state index in [0.717, 1.165) is 17.5 Å². The Morgan fingerprint density at radius 1 is 1.15 bits per heavy atom. The maximum absolute atomic E-state index is 12.2. The Balaban J connectivity index is 1.82. The van der Waals surface area contributed by atoms with E-state index in [-0.39, 0.29) is 11.9 Å². The van der Waals surface area contributed by atoms with Gasteiger partial charge in [0.05, 0.1) is 20.8 Å². The smallest absolute Gasteiger partial charge is 0.234 e. The minimum absolute atomic E-state index is 0.00754. The number of nitrogens with one attached hydrogen (secondary N) is 1. The lowest BCUT2D eigenvalue weighted by Gasteiger charge is -2.24. The van der Waals surface area contributed by atoms with Gasteiger partial charge < -0.3 is 14.8 Å². The standard InChI is InChI=1S/C21H27ClN2O3/c1-15(17-6-5-7-18(22)13-17)24(2)14-21(25)23-11-10-16-8-9-19(26-3)20(12-16)27-4/h5-9,12-13,15H,10-11,14H2,1-4H3,(H,23,25). The van der Waals surface area contributed by atoms with E-state index < -0.39 is 0 Å². The summed E-state index contributed by atoms with van der Waals surface area (Å²) >= 11 is 6.05. The predicted molar refractivity (Wildman–Crippen MR) is 109 cm³/mol. The van der Waals surface area contributed by atoms with Gasteiger partial charge in [0.15, 0.2) is 11.5 Å². The first-order chi connectivity index (χ1) is 12.9. The monoisotopic (exact) mass is 390 g/mol. The van der Waals surface area contributed by atoms with Gasteiger partial charge in [0, 0.05) is 17.6 Å². The second-order valence-electron chi connectivity index (χ2n) is 6.44. The van der Waals surface area contributed by atoms with E-state index >= 15 is 0 Å². The number of rotatable bonds is 9. The predicted octanol–water partition coefficient (Wildman–Crippen LogP) is 3.71. The van der Waals surface area contributed by atoms with Crippen molar-refractivity contribution in [3.63, 3.8) is 0 Å². The van der Waals surface area contributed by atoms with Gasteiger partial charge in [-0.05, 0) is 55.8 Å². The van der Waals surface area contributed by atoms with Crippen LogP contribution in [0.5, 0.6) is 11.5 Å². The van der Waals surface area contributed by atoms with Crippen LogP contribution >= 0.6 is 11.6 Å². The number of nitrogens with zero attached hydrogens (tertiary/aromatic N) is 1. The van der Waals surface area contributed by atoms with Gasteiger partial charge in [-0.3, -0.25) is 9.69 Å². The van der Waals surface area contributed by atoms with Crippen LogP contribution in [0.1, 0.15) is 24.1 Å². The van der Waals surface area contributed by atoms with Crippen molar-refractivity contribution in [1.29, 1.82) is 0 Å². The second kappa shape index (κ2) is 10.2. The highest BCUT2D eigenvalue weighted by Gasteiger charge is 2.15. The topological polar surface area (TPSA) is 50.8 Å². The van der Waals surface area contributed by atoms with Crippen molar-refractivity contribution in [2.45, 2.75) is 19.4 Å². The molecule has 5 nitrogen and oxygen atoms in total. The van der Waals surface area contributed by atoms with Crippen LogP contribution in [0.3, 0.4) is 0 Å². The van der Waals surface area contributed by atoms with Crippen molar-refractivity contribution in [1.82, 2.24) is 10.2 Å². The molecule has 0 aliphatic rings. The lowest BCUT2D eigenvalue weighted by molar-refractivity contribution is -0.122. The van der Waals surface area contributed by atoms with Crippen LogP contribution in [0, 0.1) is 0 Å².